The second-order valence-electron chi connectivity index (χ2n) is 5.08. The van der Waals surface area contributed by atoms with Gasteiger partial charge in [0.1, 0.15) is 5.82 Å². The van der Waals surface area contributed by atoms with Crippen molar-refractivity contribution in [2.75, 3.05) is 24.5 Å². The lowest BCUT2D eigenvalue weighted by Crippen LogP contribution is -2.45. The number of morpholine rings is 1. The van der Waals surface area contributed by atoms with Gasteiger partial charge in [0.15, 0.2) is 0 Å². The average Bonchev–Trinajstić information content (AvgIpc) is 2.36. The molecule has 0 amide bonds. The Hall–Kier alpha value is -0.840. The van der Waals surface area contributed by atoms with Crippen LogP contribution >= 0.6 is 11.6 Å². The monoisotopic (exact) mass is 283 g/mol. The largest absolute Gasteiger partial charge is 0.372 e. The van der Waals surface area contributed by atoms with Gasteiger partial charge < -0.3 is 15.0 Å². The Labute approximate surface area is 120 Å². The molecule has 4 nitrogen and oxygen atoms in total. The number of hydrogen-bond donors (Lipinski definition) is 1. The molecule has 5 heteroatoms. The van der Waals surface area contributed by atoms with Gasteiger partial charge in [0, 0.05) is 25.8 Å². The summed E-state index contributed by atoms with van der Waals surface area (Å²) in [4.78, 5) is 6.72. The number of halogens is 1. The van der Waals surface area contributed by atoms with Gasteiger partial charge in [0.05, 0.1) is 17.2 Å². The molecular formula is C14H22ClN3O. The second-order valence-corrected chi connectivity index (χ2v) is 5.48. The van der Waals surface area contributed by atoms with Crippen LogP contribution in [0, 0.1) is 0 Å². The van der Waals surface area contributed by atoms with Gasteiger partial charge in [-0.25, -0.2) is 4.98 Å². The van der Waals surface area contributed by atoms with Crippen LogP contribution in [-0.4, -0.2) is 36.8 Å². The van der Waals surface area contributed by atoms with Crippen molar-refractivity contribution in [3.05, 3.63) is 22.8 Å². The second kappa shape index (κ2) is 6.55. The van der Waals surface area contributed by atoms with Crippen LogP contribution in [0.2, 0.25) is 5.02 Å². The molecule has 0 spiro atoms. The number of anilines is 1. The highest BCUT2D eigenvalue weighted by Crippen LogP contribution is 2.23. The fourth-order valence-corrected chi connectivity index (χ4v) is 2.57. The van der Waals surface area contributed by atoms with E-state index in [0.29, 0.717) is 0 Å². The Bertz CT molecular complexity index is 417. The summed E-state index contributed by atoms with van der Waals surface area (Å²) in [5.41, 5.74) is 1.10. The minimum atomic E-state index is 0.235. The Morgan fingerprint density at radius 1 is 1.42 bits per heavy atom. The van der Waals surface area contributed by atoms with Crippen LogP contribution in [0.25, 0.3) is 0 Å². The van der Waals surface area contributed by atoms with Crippen molar-refractivity contribution in [3.63, 3.8) is 0 Å². The van der Waals surface area contributed by atoms with Crippen molar-refractivity contribution >= 4 is 17.4 Å². The molecule has 1 N–H and O–H groups in total. The summed E-state index contributed by atoms with van der Waals surface area (Å²) in [7, 11) is 0. The molecule has 1 aliphatic heterocycles. The van der Waals surface area contributed by atoms with Gasteiger partial charge in [0.25, 0.3) is 0 Å². The van der Waals surface area contributed by atoms with Gasteiger partial charge in [0.2, 0.25) is 0 Å². The van der Waals surface area contributed by atoms with E-state index in [-0.39, 0.29) is 12.2 Å². The number of ether oxygens (including phenoxy) is 1. The van der Waals surface area contributed by atoms with E-state index >= 15 is 0 Å². The summed E-state index contributed by atoms with van der Waals surface area (Å²) in [6.45, 7) is 9.73. The highest BCUT2D eigenvalue weighted by atomic mass is 35.5. The van der Waals surface area contributed by atoms with Gasteiger partial charge >= 0.3 is 0 Å². The van der Waals surface area contributed by atoms with E-state index in [9.17, 15) is 0 Å². The SMILES string of the molecule is CCNCc1cc(N2CC(C)OC(C)C2)ncc1Cl. The summed E-state index contributed by atoms with van der Waals surface area (Å²) in [6.07, 6.45) is 2.21. The molecule has 19 heavy (non-hydrogen) atoms. The topological polar surface area (TPSA) is 37.4 Å². The minimum Gasteiger partial charge on any atom is -0.372 e. The Morgan fingerprint density at radius 3 is 2.74 bits per heavy atom. The van der Waals surface area contributed by atoms with Crippen LogP contribution in [0.3, 0.4) is 0 Å². The summed E-state index contributed by atoms with van der Waals surface area (Å²) < 4.78 is 5.75. The molecule has 106 valence electrons. The zero-order valence-electron chi connectivity index (χ0n) is 11.8. The molecule has 2 atom stereocenters. The zero-order chi connectivity index (χ0) is 13.8. The molecule has 1 fully saturated rings. The van der Waals surface area contributed by atoms with E-state index < -0.39 is 0 Å². The molecule has 0 aromatic carbocycles. The van der Waals surface area contributed by atoms with Crippen LogP contribution in [0.15, 0.2) is 12.3 Å². The van der Waals surface area contributed by atoms with Crippen LogP contribution < -0.4 is 10.2 Å². The van der Waals surface area contributed by atoms with Gasteiger partial charge in [-0.15, -0.1) is 0 Å². The number of nitrogens with zero attached hydrogens (tertiary/aromatic N) is 2. The molecule has 1 aromatic heterocycles. The molecule has 1 saturated heterocycles. The predicted octanol–water partition coefficient (Wildman–Crippen LogP) is 2.46. The first-order valence-corrected chi connectivity index (χ1v) is 7.23. The van der Waals surface area contributed by atoms with Gasteiger partial charge in [-0.1, -0.05) is 18.5 Å². The number of nitrogens with one attached hydrogen (secondary N) is 1. The van der Waals surface area contributed by atoms with E-state index in [0.717, 1.165) is 42.6 Å². The van der Waals surface area contributed by atoms with Crippen molar-refractivity contribution in [2.24, 2.45) is 0 Å². The molecular weight excluding hydrogens is 262 g/mol. The maximum absolute atomic E-state index is 6.18. The number of pyridine rings is 1. The molecule has 2 heterocycles. The fraction of sp³-hybridized carbons (Fsp3) is 0.643. The standard InChI is InChI=1S/C14H22ClN3O/c1-4-16-6-12-5-14(17-7-13(12)15)18-8-10(2)19-11(3)9-18/h5,7,10-11,16H,4,6,8-9H2,1-3H3. The molecule has 2 unspecified atom stereocenters. The Balaban J connectivity index is 2.15. The number of hydrogen-bond acceptors (Lipinski definition) is 4. The lowest BCUT2D eigenvalue weighted by atomic mass is 10.2. The highest BCUT2D eigenvalue weighted by Gasteiger charge is 2.23. The number of rotatable bonds is 4. The maximum atomic E-state index is 6.18. The van der Waals surface area contributed by atoms with E-state index in [4.69, 9.17) is 16.3 Å². The molecule has 0 aliphatic carbocycles. The van der Waals surface area contributed by atoms with Gasteiger partial charge in [-0.05, 0) is 32.0 Å². The van der Waals surface area contributed by atoms with Crippen LogP contribution in [0.1, 0.15) is 26.3 Å². The Kier molecular flexibility index (Phi) is 5.02. The van der Waals surface area contributed by atoms with E-state index in [2.05, 4.69) is 42.0 Å². The highest BCUT2D eigenvalue weighted by molar-refractivity contribution is 6.31. The lowest BCUT2D eigenvalue weighted by Gasteiger charge is -2.36. The molecule has 1 aliphatic rings. The minimum absolute atomic E-state index is 0.235. The fourth-order valence-electron chi connectivity index (χ4n) is 2.40. The summed E-state index contributed by atoms with van der Waals surface area (Å²) >= 11 is 6.18. The van der Waals surface area contributed by atoms with Crippen molar-refractivity contribution in [2.45, 2.75) is 39.5 Å². The molecule has 0 saturated carbocycles. The van der Waals surface area contributed by atoms with Crippen molar-refractivity contribution in [3.8, 4) is 0 Å². The first kappa shape index (κ1) is 14.6. The van der Waals surface area contributed by atoms with Crippen molar-refractivity contribution < 1.29 is 4.74 Å². The molecule has 2 rings (SSSR count). The zero-order valence-corrected chi connectivity index (χ0v) is 12.6. The molecule has 0 bridgehead atoms. The van der Waals surface area contributed by atoms with Crippen LogP contribution in [0.4, 0.5) is 5.82 Å². The predicted molar refractivity (Wildman–Crippen MR) is 78.8 cm³/mol. The first-order chi connectivity index (χ1) is 9.10. The third kappa shape index (κ3) is 3.81. The Morgan fingerprint density at radius 2 is 2.11 bits per heavy atom. The summed E-state index contributed by atoms with van der Waals surface area (Å²) in [5, 5.41) is 4.02. The first-order valence-electron chi connectivity index (χ1n) is 6.85. The third-order valence-corrected chi connectivity index (χ3v) is 3.57. The third-order valence-electron chi connectivity index (χ3n) is 3.23. The van der Waals surface area contributed by atoms with Crippen molar-refractivity contribution in [1.29, 1.82) is 0 Å². The van der Waals surface area contributed by atoms with Crippen molar-refractivity contribution in [1.82, 2.24) is 10.3 Å². The van der Waals surface area contributed by atoms with E-state index in [1.807, 2.05) is 0 Å². The summed E-state index contributed by atoms with van der Waals surface area (Å²) in [6, 6.07) is 2.08. The summed E-state index contributed by atoms with van der Waals surface area (Å²) in [5.74, 6) is 0.985. The smallest absolute Gasteiger partial charge is 0.129 e. The van der Waals surface area contributed by atoms with E-state index in [1.165, 1.54) is 0 Å². The van der Waals surface area contributed by atoms with Crippen LogP contribution in [-0.2, 0) is 11.3 Å². The lowest BCUT2D eigenvalue weighted by molar-refractivity contribution is -0.00546. The quantitative estimate of drug-likeness (QED) is 0.921. The van der Waals surface area contributed by atoms with Crippen LogP contribution in [0.5, 0.6) is 0 Å². The normalized spacial score (nSPS) is 23.7. The van der Waals surface area contributed by atoms with E-state index in [1.54, 1.807) is 6.20 Å². The average molecular weight is 284 g/mol. The molecule has 0 radical (unpaired) electrons. The van der Waals surface area contributed by atoms with Gasteiger partial charge in [-0.3, -0.25) is 0 Å². The van der Waals surface area contributed by atoms with Gasteiger partial charge in [-0.2, -0.15) is 0 Å². The molecule has 1 aromatic rings. The maximum Gasteiger partial charge on any atom is 0.129 e. The number of aromatic nitrogens is 1.